The molecule has 2 saturated heterocycles. The van der Waals surface area contributed by atoms with E-state index in [0.29, 0.717) is 25.7 Å². The third-order valence-corrected chi connectivity index (χ3v) is 4.70. The highest BCUT2D eigenvalue weighted by Crippen LogP contribution is 2.25. The van der Waals surface area contributed by atoms with Crippen molar-refractivity contribution in [3.05, 3.63) is 12.3 Å². The average Bonchev–Trinajstić information content (AvgIpc) is 3.11. The monoisotopic (exact) mass is 320 g/mol. The molecule has 7 nitrogen and oxygen atoms in total. The zero-order valence-electron chi connectivity index (χ0n) is 13.3. The Morgan fingerprint density at radius 3 is 2.83 bits per heavy atom. The quantitative estimate of drug-likeness (QED) is 0.823. The number of nitrogens with one attached hydrogen (secondary N) is 1. The summed E-state index contributed by atoms with van der Waals surface area (Å²) in [6, 6.07) is 1.91. The summed E-state index contributed by atoms with van der Waals surface area (Å²) in [5.41, 5.74) is 0. The fourth-order valence-electron chi connectivity index (χ4n) is 3.33. The zero-order valence-corrected chi connectivity index (χ0v) is 13.3. The van der Waals surface area contributed by atoms with Crippen LogP contribution in [0.5, 0.6) is 0 Å². The summed E-state index contributed by atoms with van der Waals surface area (Å²) in [5.74, 6) is 0.374. The Kier molecular flexibility index (Phi) is 5.27. The van der Waals surface area contributed by atoms with E-state index >= 15 is 0 Å². The Balaban J connectivity index is 1.61. The molecule has 0 saturated carbocycles. The second-order valence-corrected chi connectivity index (χ2v) is 6.21. The van der Waals surface area contributed by atoms with Crippen molar-refractivity contribution >= 4 is 17.7 Å². The van der Waals surface area contributed by atoms with Crippen LogP contribution in [-0.4, -0.2) is 53.9 Å². The third kappa shape index (κ3) is 4.10. The number of nitrogens with zero attached hydrogens (tertiary/aromatic N) is 3. The van der Waals surface area contributed by atoms with Gasteiger partial charge in [0.05, 0.1) is 5.92 Å². The number of aliphatic carboxylic acids is 1. The lowest BCUT2D eigenvalue weighted by Gasteiger charge is -2.27. The van der Waals surface area contributed by atoms with Gasteiger partial charge in [-0.15, -0.1) is 0 Å². The Labute approximate surface area is 136 Å². The Morgan fingerprint density at radius 1 is 1.39 bits per heavy atom. The number of aromatic nitrogens is 2. The van der Waals surface area contributed by atoms with Crippen molar-refractivity contribution in [3.8, 4) is 0 Å². The van der Waals surface area contributed by atoms with Gasteiger partial charge in [-0.3, -0.25) is 4.79 Å². The maximum Gasteiger partial charge on any atom is 0.308 e. The van der Waals surface area contributed by atoms with Crippen molar-refractivity contribution in [2.75, 3.05) is 43.1 Å². The molecule has 0 aliphatic carbocycles. The van der Waals surface area contributed by atoms with Gasteiger partial charge in [0, 0.05) is 39.0 Å². The molecule has 1 aromatic rings. The Hall–Kier alpha value is -1.89. The SMILES string of the molecule is O=C(O)C(CNc1nccc(N2CCCC2)n1)C1CCOCC1. The van der Waals surface area contributed by atoms with Gasteiger partial charge >= 0.3 is 5.97 Å². The van der Waals surface area contributed by atoms with Crippen molar-refractivity contribution < 1.29 is 14.6 Å². The molecule has 3 rings (SSSR count). The topological polar surface area (TPSA) is 87.6 Å². The molecule has 0 aromatic carbocycles. The van der Waals surface area contributed by atoms with E-state index in [1.165, 1.54) is 12.8 Å². The lowest BCUT2D eigenvalue weighted by molar-refractivity contribution is -0.144. The number of carboxylic acids is 1. The first kappa shape index (κ1) is 16.0. The van der Waals surface area contributed by atoms with Gasteiger partial charge in [-0.25, -0.2) is 4.98 Å². The molecule has 0 spiro atoms. The van der Waals surface area contributed by atoms with Crippen molar-refractivity contribution in [3.63, 3.8) is 0 Å². The molecular formula is C16H24N4O3. The number of hydrogen-bond acceptors (Lipinski definition) is 6. The number of hydrogen-bond donors (Lipinski definition) is 2. The molecule has 0 radical (unpaired) electrons. The maximum absolute atomic E-state index is 11.6. The van der Waals surface area contributed by atoms with Gasteiger partial charge in [0.15, 0.2) is 0 Å². The standard InChI is InChI=1S/C16H24N4O3/c21-15(22)13(12-4-9-23-10-5-12)11-18-16-17-6-3-14(19-16)20-7-1-2-8-20/h3,6,12-13H,1-2,4-5,7-11H2,(H,21,22)(H,17,18,19). The van der Waals surface area contributed by atoms with Crippen molar-refractivity contribution in [1.29, 1.82) is 0 Å². The van der Waals surface area contributed by atoms with Gasteiger partial charge in [-0.2, -0.15) is 4.98 Å². The van der Waals surface area contributed by atoms with Crippen LogP contribution >= 0.6 is 0 Å². The van der Waals surface area contributed by atoms with Crippen LogP contribution in [0, 0.1) is 11.8 Å². The number of ether oxygens (including phenoxy) is 1. The summed E-state index contributed by atoms with van der Waals surface area (Å²) in [5, 5.41) is 12.6. The van der Waals surface area contributed by atoms with E-state index in [9.17, 15) is 9.90 Å². The molecule has 2 aliphatic rings. The molecule has 7 heteroatoms. The molecule has 3 heterocycles. The van der Waals surface area contributed by atoms with Crippen LogP contribution in [0.1, 0.15) is 25.7 Å². The molecule has 1 unspecified atom stereocenters. The summed E-state index contributed by atoms with van der Waals surface area (Å²) in [4.78, 5) is 22.5. The van der Waals surface area contributed by atoms with E-state index < -0.39 is 11.9 Å². The smallest absolute Gasteiger partial charge is 0.308 e. The van der Waals surface area contributed by atoms with Gasteiger partial charge < -0.3 is 20.1 Å². The highest BCUT2D eigenvalue weighted by molar-refractivity contribution is 5.71. The van der Waals surface area contributed by atoms with Gasteiger partial charge in [0.25, 0.3) is 0 Å². The minimum Gasteiger partial charge on any atom is -0.481 e. The van der Waals surface area contributed by atoms with E-state index in [-0.39, 0.29) is 5.92 Å². The van der Waals surface area contributed by atoms with E-state index in [1.807, 2.05) is 6.07 Å². The summed E-state index contributed by atoms with van der Waals surface area (Å²) >= 11 is 0. The first-order chi connectivity index (χ1) is 11.2. The van der Waals surface area contributed by atoms with E-state index in [4.69, 9.17) is 4.74 Å². The molecule has 1 atom stereocenters. The second-order valence-electron chi connectivity index (χ2n) is 6.21. The molecule has 2 aliphatic heterocycles. The molecule has 0 amide bonds. The van der Waals surface area contributed by atoms with Gasteiger partial charge in [-0.05, 0) is 37.7 Å². The molecule has 1 aromatic heterocycles. The minimum atomic E-state index is -0.764. The summed E-state index contributed by atoms with van der Waals surface area (Å²) in [6.07, 6.45) is 5.71. The number of anilines is 2. The van der Waals surface area contributed by atoms with Crippen LogP contribution in [0.15, 0.2) is 12.3 Å². The Morgan fingerprint density at radius 2 is 2.13 bits per heavy atom. The van der Waals surface area contributed by atoms with Gasteiger partial charge in [-0.1, -0.05) is 0 Å². The van der Waals surface area contributed by atoms with Crippen molar-refractivity contribution in [1.82, 2.24) is 9.97 Å². The summed E-state index contributed by atoms with van der Waals surface area (Å²) in [6.45, 7) is 3.70. The van der Waals surface area contributed by atoms with Crippen LogP contribution < -0.4 is 10.2 Å². The van der Waals surface area contributed by atoms with E-state index in [0.717, 1.165) is 31.7 Å². The largest absolute Gasteiger partial charge is 0.481 e. The maximum atomic E-state index is 11.6. The predicted molar refractivity (Wildman–Crippen MR) is 86.6 cm³/mol. The predicted octanol–water partition coefficient (Wildman–Crippen LogP) is 1.62. The Bertz CT molecular complexity index is 528. The first-order valence-electron chi connectivity index (χ1n) is 8.36. The number of carbonyl (C=O) groups is 1. The highest BCUT2D eigenvalue weighted by Gasteiger charge is 2.29. The fraction of sp³-hybridized carbons (Fsp3) is 0.688. The number of rotatable bonds is 6. The molecule has 2 N–H and O–H groups in total. The third-order valence-electron chi connectivity index (χ3n) is 4.70. The van der Waals surface area contributed by atoms with Crippen LogP contribution in [0.4, 0.5) is 11.8 Å². The summed E-state index contributed by atoms with van der Waals surface area (Å²) in [7, 11) is 0. The van der Waals surface area contributed by atoms with Gasteiger partial charge in [0.2, 0.25) is 5.95 Å². The minimum absolute atomic E-state index is 0.149. The van der Waals surface area contributed by atoms with Crippen molar-refractivity contribution in [2.45, 2.75) is 25.7 Å². The lowest BCUT2D eigenvalue weighted by atomic mass is 9.86. The second kappa shape index (κ2) is 7.59. The molecule has 0 bridgehead atoms. The fourth-order valence-corrected chi connectivity index (χ4v) is 3.33. The van der Waals surface area contributed by atoms with Crippen LogP contribution in [-0.2, 0) is 9.53 Å². The molecule has 126 valence electrons. The van der Waals surface area contributed by atoms with Crippen LogP contribution in [0.3, 0.4) is 0 Å². The zero-order chi connectivity index (χ0) is 16.1. The van der Waals surface area contributed by atoms with Crippen LogP contribution in [0.25, 0.3) is 0 Å². The first-order valence-corrected chi connectivity index (χ1v) is 8.36. The van der Waals surface area contributed by atoms with E-state index in [1.54, 1.807) is 6.20 Å². The van der Waals surface area contributed by atoms with Gasteiger partial charge in [0.1, 0.15) is 5.82 Å². The average molecular weight is 320 g/mol. The highest BCUT2D eigenvalue weighted by atomic mass is 16.5. The van der Waals surface area contributed by atoms with Crippen LogP contribution in [0.2, 0.25) is 0 Å². The summed E-state index contributed by atoms with van der Waals surface area (Å²) < 4.78 is 5.32. The molecular weight excluding hydrogens is 296 g/mol. The van der Waals surface area contributed by atoms with E-state index in [2.05, 4.69) is 20.2 Å². The molecule has 2 fully saturated rings. The lowest BCUT2D eigenvalue weighted by Crippen LogP contribution is -2.34. The normalized spacial score (nSPS) is 20.4. The van der Waals surface area contributed by atoms with Crippen molar-refractivity contribution in [2.24, 2.45) is 11.8 Å². The molecule has 23 heavy (non-hydrogen) atoms. The number of carboxylic acid groups (broad SMARTS) is 1.